The lowest BCUT2D eigenvalue weighted by Crippen LogP contribution is -2.42. The first-order chi connectivity index (χ1) is 7.07. The Morgan fingerprint density at radius 1 is 1.53 bits per heavy atom. The number of likely N-dealkylation sites (tertiary alicyclic amines) is 1. The van der Waals surface area contributed by atoms with Crippen molar-refractivity contribution in [3.63, 3.8) is 0 Å². The molecule has 1 fully saturated rings. The SMILES string of the molecule is CSCCC(=O)N1CCC(C)C1C(=O)O. The molecule has 0 aliphatic carbocycles. The second-order valence-electron chi connectivity index (χ2n) is 3.88. The van der Waals surface area contributed by atoms with E-state index in [9.17, 15) is 9.59 Å². The molecule has 0 bridgehead atoms. The monoisotopic (exact) mass is 231 g/mol. The number of hydrogen-bond acceptors (Lipinski definition) is 3. The van der Waals surface area contributed by atoms with Crippen molar-refractivity contribution in [2.24, 2.45) is 5.92 Å². The fraction of sp³-hybridized carbons (Fsp3) is 0.800. The van der Waals surface area contributed by atoms with Crippen LogP contribution in [0.3, 0.4) is 0 Å². The lowest BCUT2D eigenvalue weighted by atomic mass is 10.0. The number of aliphatic carboxylic acids is 1. The molecule has 5 heteroatoms. The van der Waals surface area contributed by atoms with Gasteiger partial charge in [0.1, 0.15) is 6.04 Å². The smallest absolute Gasteiger partial charge is 0.326 e. The summed E-state index contributed by atoms with van der Waals surface area (Å²) < 4.78 is 0. The fourth-order valence-electron chi connectivity index (χ4n) is 1.94. The zero-order valence-electron chi connectivity index (χ0n) is 9.10. The largest absolute Gasteiger partial charge is 0.480 e. The third-order valence-electron chi connectivity index (χ3n) is 2.79. The number of rotatable bonds is 4. The van der Waals surface area contributed by atoms with Gasteiger partial charge in [-0.2, -0.15) is 11.8 Å². The zero-order chi connectivity index (χ0) is 11.4. The number of hydrogen-bond donors (Lipinski definition) is 1. The minimum absolute atomic E-state index is 0.0268. The summed E-state index contributed by atoms with van der Waals surface area (Å²) in [6, 6.07) is -0.612. The van der Waals surface area contributed by atoms with E-state index in [-0.39, 0.29) is 11.8 Å². The normalized spacial score (nSPS) is 25.6. The van der Waals surface area contributed by atoms with Crippen LogP contribution in [0.4, 0.5) is 0 Å². The molecular weight excluding hydrogens is 214 g/mol. The molecule has 15 heavy (non-hydrogen) atoms. The van der Waals surface area contributed by atoms with Crippen molar-refractivity contribution in [2.75, 3.05) is 18.6 Å². The van der Waals surface area contributed by atoms with Gasteiger partial charge in [-0.3, -0.25) is 4.79 Å². The molecule has 86 valence electrons. The van der Waals surface area contributed by atoms with Crippen LogP contribution in [0.5, 0.6) is 0 Å². The summed E-state index contributed by atoms with van der Waals surface area (Å²) in [7, 11) is 0. The summed E-state index contributed by atoms with van der Waals surface area (Å²) >= 11 is 1.60. The maximum absolute atomic E-state index is 11.7. The molecule has 1 saturated heterocycles. The Morgan fingerprint density at radius 3 is 2.73 bits per heavy atom. The Labute approximate surface area is 94.0 Å². The van der Waals surface area contributed by atoms with Crippen LogP contribution in [0.15, 0.2) is 0 Å². The topological polar surface area (TPSA) is 57.6 Å². The number of amides is 1. The predicted octanol–water partition coefficient (Wildman–Crippen LogP) is 1.06. The van der Waals surface area contributed by atoms with Crippen LogP contribution in [0.1, 0.15) is 19.8 Å². The van der Waals surface area contributed by atoms with E-state index in [1.807, 2.05) is 13.2 Å². The van der Waals surface area contributed by atoms with Crippen molar-refractivity contribution in [3.8, 4) is 0 Å². The summed E-state index contributed by atoms with van der Waals surface area (Å²) in [5.41, 5.74) is 0. The van der Waals surface area contributed by atoms with E-state index >= 15 is 0 Å². The van der Waals surface area contributed by atoms with E-state index in [1.165, 1.54) is 4.90 Å². The minimum Gasteiger partial charge on any atom is -0.480 e. The van der Waals surface area contributed by atoms with E-state index in [2.05, 4.69) is 0 Å². The highest BCUT2D eigenvalue weighted by Gasteiger charge is 2.38. The number of carbonyl (C=O) groups is 2. The number of carbonyl (C=O) groups excluding carboxylic acids is 1. The number of carboxylic acid groups (broad SMARTS) is 1. The predicted molar refractivity (Wildman–Crippen MR) is 59.9 cm³/mol. The Balaban J connectivity index is 2.60. The van der Waals surface area contributed by atoms with Crippen molar-refractivity contribution >= 4 is 23.6 Å². The summed E-state index contributed by atoms with van der Waals surface area (Å²) in [5, 5.41) is 9.03. The van der Waals surface area contributed by atoms with E-state index in [1.54, 1.807) is 11.8 Å². The van der Waals surface area contributed by atoms with Crippen molar-refractivity contribution in [3.05, 3.63) is 0 Å². The van der Waals surface area contributed by atoms with Crippen LogP contribution >= 0.6 is 11.8 Å². The Kier molecular flexibility index (Phi) is 4.45. The summed E-state index contributed by atoms with van der Waals surface area (Å²) in [4.78, 5) is 24.2. The minimum atomic E-state index is -0.877. The van der Waals surface area contributed by atoms with Crippen LogP contribution in [0.2, 0.25) is 0 Å². The number of nitrogens with zero attached hydrogens (tertiary/aromatic N) is 1. The zero-order valence-corrected chi connectivity index (χ0v) is 9.92. The average molecular weight is 231 g/mol. The molecule has 2 unspecified atom stereocenters. The lowest BCUT2D eigenvalue weighted by Gasteiger charge is -2.23. The van der Waals surface area contributed by atoms with Gasteiger partial charge in [0.25, 0.3) is 0 Å². The highest BCUT2D eigenvalue weighted by atomic mass is 32.2. The second-order valence-corrected chi connectivity index (χ2v) is 4.86. The first kappa shape index (κ1) is 12.4. The number of carboxylic acids is 1. The second kappa shape index (κ2) is 5.39. The molecule has 1 amide bonds. The molecule has 0 radical (unpaired) electrons. The molecular formula is C10H17NO3S. The molecule has 0 saturated carbocycles. The molecule has 0 aromatic rings. The van der Waals surface area contributed by atoms with Crippen LogP contribution < -0.4 is 0 Å². The lowest BCUT2D eigenvalue weighted by molar-refractivity contribution is -0.149. The van der Waals surface area contributed by atoms with Crippen molar-refractivity contribution < 1.29 is 14.7 Å². The van der Waals surface area contributed by atoms with Gasteiger partial charge in [0, 0.05) is 18.7 Å². The van der Waals surface area contributed by atoms with Gasteiger partial charge in [-0.1, -0.05) is 6.92 Å². The Morgan fingerprint density at radius 2 is 2.20 bits per heavy atom. The van der Waals surface area contributed by atoms with Gasteiger partial charge in [0.15, 0.2) is 0 Å². The van der Waals surface area contributed by atoms with E-state index in [0.29, 0.717) is 13.0 Å². The van der Waals surface area contributed by atoms with E-state index in [0.717, 1.165) is 12.2 Å². The maximum Gasteiger partial charge on any atom is 0.326 e. The van der Waals surface area contributed by atoms with E-state index in [4.69, 9.17) is 5.11 Å². The van der Waals surface area contributed by atoms with Gasteiger partial charge in [0.2, 0.25) is 5.91 Å². The molecule has 4 nitrogen and oxygen atoms in total. The van der Waals surface area contributed by atoms with Crippen LogP contribution in [-0.4, -0.2) is 46.5 Å². The fourth-order valence-corrected chi connectivity index (χ4v) is 2.32. The van der Waals surface area contributed by atoms with Crippen molar-refractivity contribution in [1.29, 1.82) is 0 Å². The third kappa shape index (κ3) is 2.87. The van der Waals surface area contributed by atoms with Crippen molar-refractivity contribution in [1.82, 2.24) is 4.90 Å². The third-order valence-corrected chi connectivity index (χ3v) is 3.41. The van der Waals surface area contributed by atoms with Crippen LogP contribution in [0, 0.1) is 5.92 Å². The Hall–Kier alpha value is -0.710. The van der Waals surface area contributed by atoms with Gasteiger partial charge < -0.3 is 10.0 Å². The summed E-state index contributed by atoms with van der Waals surface area (Å²) in [5.74, 6) is -0.0740. The first-order valence-corrected chi connectivity index (χ1v) is 6.48. The molecule has 1 N–H and O–H groups in total. The van der Waals surface area contributed by atoms with Crippen molar-refractivity contribution in [2.45, 2.75) is 25.8 Å². The quantitative estimate of drug-likeness (QED) is 0.786. The molecule has 0 spiro atoms. The van der Waals surface area contributed by atoms with Crippen LogP contribution in [0.25, 0.3) is 0 Å². The Bertz CT molecular complexity index is 257. The summed E-state index contributed by atoms with van der Waals surface area (Å²) in [6.07, 6.45) is 3.17. The molecule has 1 aliphatic rings. The van der Waals surface area contributed by atoms with Crippen LogP contribution in [-0.2, 0) is 9.59 Å². The first-order valence-electron chi connectivity index (χ1n) is 5.09. The van der Waals surface area contributed by atoms with Gasteiger partial charge in [0.05, 0.1) is 0 Å². The summed E-state index contributed by atoms with van der Waals surface area (Å²) in [6.45, 7) is 2.48. The molecule has 0 aromatic heterocycles. The number of thioether (sulfide) groups is 1. The average Bonchev–Trinajstić information content (AvgIpc) is 2.56. The van der Waals surface area contributed by atoms with Gasteiger partial charge >= 0.3 is 5.97 Å². The maximum atomic E-state index is 11.7. The molecule has 1 rings (SSSR count). The van der Waals surface area contributed by atoms with Gasteiger partial charge in [-0.25, -0.2) is 4.79 Å². The highest BCUT2D eigenvalue weighted by Crippen LogP contribution is 2.24. The molecule has 1 aliphatic heterocycles. The highest BCUT2D eigenvalue weighted by molar-refractivity contribution is 7.98. The molecule has 2 atom stereocenters. The molecule has 0 aromatic carbocycles. The molecule has 1 heterocycles. The standard InChI is InChI=1S/C10H17NO3S/c1-7-3-5-11(9(7)10(13)14)8(12)4-6-15-2/h7,9H,3-6H2,1-2H3,(H,13,14). The van der Waals surface area contributed by atoms with E-state index < -0.39 is 12.0 Å². The van der Waals surface area contributed by atoms with Gasteiger partial charge in [-0.15, -0.1) is 0 Å². The van der Waals surface area contributed by atoms with Gasteiger partial charge in [-0.05, 0) is 18.6 Å².